The third kappa shape index (κ3) is 4.16. The van der Waals surface area contributed by atoms with E-state index < -0.39 is 0 Å². The number of rotatable bonds is 6. The van der Waals surface area contributed by atoms with Crippen LogP contribution in [-0.2, 0) is 11.3 Å². The molecule has 1 unspecified atom stereocenters. The summed E-state index contributed by atoms with van der Waals surface area (Å²) in [5, 5.41) is 3.00. The average molecular weight is 424 g/mol. The fraction of sp³-hybridized carbons (Fsp3) is 0.348. The Bertz CT molecular complexity index is 984. The molecule has 7 heteroatoms. The van der Waals surface area contributed by atoms with E-state index in [0.717, 1.165) is 41.1 Å². The van der Waals surface area contributed by atoms with Gasteiger partial charge in [0, 0.05) is 17.4 Å². The van der Waals surface area contributed by atoms with Gasteiger partial charge in [0.25, 0.3) is 0 Å². The van der Waals surface area contributed by atoms with Crippen LogP contribution in [0.2, 0.25) is 0 Å². The van der Waals surface area contributed by atoms with Crippen LogP contribution in [0.3, 0.4) is 0 Å². The van der Waals surface area contributed by atoms with Gasteiger partial charge in [-0.05, 0) is 12.8 Å². The van der Waals surface area contributed by atoms with Crippen molar-refractivity contribution in [1.29, 1.82) is 0 Å². The SMILES string of the molecule is COc1cncc(OC)c1C1CCCCC(=O)N1Cc1csc(-c2ccccc2)n1. The maximum Gasteiger partial charge on any atom is 0.223 e. The van der Waals surface area contributed by atoms with E-state index in [1.54, 1.807) is 38.0 Å². The van der Waals surface area contributed by atoms with Crippen LogP contribution in [0.5, 0.6) is 11.5 Å². The van der Waals surface area contributed by atoms with Gasteiger partial charge >= 0.3 is 0 Å². The van der Waals surface area contributed by atoms with Crippen molar-refractivity contribution >= 4 is 17.2 Å². The van der Waals surface area contributed by atoms with Gasteiger partial charge < -0.3 is 14.4 Å². The quantitative estimate of drug-likeness (QED) is 0.566. The molecule has 30 heavy (non-hydrogen) atoms. The Morgan fingerprint density at radius 1 is 1.10 bits per heavy atom. The molecule has 1 aromatic carbocycles. The monoisotopic (exact) mass is 423 g/mol. The molecular formula is C23H25N3O3S. The highest BCUT2D eigenvalue weighted by Crippen LogP contribution is 2.41. The topological polar surface area (TPSA) is 64.6 Å². The number of thiazole rings is 1. The minimum absolute atomic E-state index is 0.132. The standard InChI is InChI=1S/C23H25N3O3S/c1-28-19-12-24-13-20(29-2)22(19)18-10-6-7-11-21(27)26(18)14-17-15-30-23(25-17)16-8-4-3-5-9-16/h3-5,8-9,12-13,15,18H,6-7,10-11,14H2,1-2H3. The van der Waals surface area contributed by atoms with E-state index in [1.807, 2.05) is 28.5 Å². The van der Waals surface area contributed by atoms with Gasteiger partial charge in [0.1, 0.15) is 16.5 Å². The highest BCUT2D eigenvalue weighted by Gasteiger charge is 2.32. The summed E-state index contributed by atoms with van der Waals surface area (Å²) in [5.74, 6) is 1.41. The van der Waals surface area contributed by atoms with Gasteiger partial charge in [-0.25, -0.2) is 4.98 Å². The lowest BCUT2D eigenvalue weighted by Crippen LogP contribution is -2.33. The van der Waals surface area contributed by atoms with E-state index in [2.05, 4.69) is 17.1 Å². The summed E-state index contributed by atoms with van der Waals surface area (Å²) in [5.41, 5.74) is 2.86. The summed E-state index contributed by atoms with van der Waals surface area (Å²) in [7, 11) is 3.24. The maximum absolute atomic E-state index is 13.1. The molecule has 0 spiro atoms. The van der Waals surface area contributed by atoms with E-state index >= 15 is 0 Å². The van der Waals surface area contributed by atoms with Crippen molar-refractivity contribution in [3.05, 3.63) is 59.4 Å². The molecule has 1 saturated heterocycles. The second-order valence-electron chi connectivity index (χ2n) is 7.25. The van der Waals surface area contributed by atoms with Crippen molar-refractivity contribution in [3.8, 4) is 22.1 Å². The number of hydrogen-bond donors (Lipinski definition) is 0. The molecule has 0 saturated carbocycles. The second kappa shape index (κ2) is 9.26. The predicted octanol–water partition coefficient (Wildman–Crippen LogP) is 4.87. The number of carbonyl (C=O) groups is 1. The minimum atomic E-state index is -0.144. The molecule has 4 rings (SSSR count). The Morgan fingerprint density at radius 3 is 2.53 bits per heavy atom. The van der Waals surface area contributed by atoms with Crippen molar-refractivity contribution in [2.24, 2.45) is 0 Å². The first-order chi connectivity index (χ1) is 14.7. The summed E-state index contributed by atoms with van der Waals surface area (Å²) in [4.78, 5) is 24.0. The van der Waals surface area contributed by atoms with Crippen LogP contribution in [0.25, 0.3) is 10.6 Å². The third-order valence-electron chi connectivity index (χ3n) is 5.41. The molecule has 2 aromatic heterocycles. The van der Waals surface area contributed by atoms with Gasteiger partial charge in [-0.3, -0.25) is 9.78 Å². The molecular weight excluding hydrogens is 398 g/mol. The van der Waals surface area contributed by atoms with Crippen molar-refractivity contribution in [2.75, 3.05) is 14.2 Å². The van der Waals surface area contributed by atoms with Crippen molar-refractivity contribution in [1.82, 2.24) is 14.9 Å². The molecule has 0 aliphatic carbocycles. The molecule has 0 radical (unpaired) electrons. The average Bonchev–Trinajstić information content (AvgIpc) is 3.19. The first kappa shape index (κ1) is 20.3. The van der Waals surface area contributed by atoms with Crippen molar-refractivity contribution in [3.63, 3.8) is 0 Å². The lowest BCUT2D eigenvalue weighted by molar-refractivity contribution is -0.133. The Morgan fingerprint density at radius 2 is 1.83 bits per heavy atom. The Kier molecular flexibility index (Phi) is 6.28. The van der Waals surface area contributed by atoms with Crippen LogP contribution in [0.4, 0.5) is 0 Å². The second-order valence-corrected chi connectivity index (χ2v) is 8.11. The van der Waals surface area contributed by atoms with Gasteiger partial charge in [0.05, 0.1) is 50.5 Å². The van der Waals surface area contributed by atoms with Crippen LogP contribution in [0, 0.1) is 0 Å². The van der Waals surface area contributed by atoms with Crippen LogP contribution < -0.4 is 9.47 Å². The largest absolute Gasteiger partial charge is 0.495 e. The number of amides is 1. The van der Waals surface area contributed by atoms with Crippen LogP contribution >= 0.6 is 11.3 Å². The van der Waals surface area contributed by atoms with Crippen molar-refractivity contribution in [2.45, 2.75) is 38.3 Å². The zero-order chi connectivity index (χ0) is 20.9. The first-order valence-electron chi connectivity index (χ1n) is 10.1. The number of pyridine rings is 1. The third-order valence-corrected chi connectivity index (χ3v) is 6.35. The predicted molar refractivity (Wildman–Crippen MR) is 117 cm³/mol. The minimum Gasteiger partial charge on any atom is -0.495 e. The summed E-state index contributed by atoms with van der Waals surface area (Å²) in [6, 6.07) is 9.97. The van der Waals surface area contributed by atoms with Gasteiger partial charge in [-0.1, -0.05) is 36.8 Å². The van der Waals surface area contributed by atoms with Crippen LogP contribution in [0.1, 0.15) is 43.0 Å². The first-order valence-corrected chi connectivity index (χ1v) is 10.9. The summed E-state index contributed by atoms with van der Waals surface area (Å²) in [6.45, 7) is 0.460. The van der Waals surface area contributed by atoms with Gasteiger partial charge in [0.2, 0.25) is 5.91 Å². The molecule has 1 aliphatic heterocycles. The summed E-state index contributed by atoms with van der Waals surface area (Å²) in [6.07, 6.45) is 6.60. The number of carbonyl (C=O) groups excluding carboxylic acids is 1. The molecule has 1 amide bonds. The van der Waals surface area contributed by atoms with Crippen molar-refractivity contribution < 1.29 is 14.3 Å². The van der Waals surface area contributed by atoms with E-state index in [9.17, 15) is 4.79 Å². The molecule has 0 bridgehead atoms. The van der Waals surface area contributed by atoms with E-state index in [-0.39, 0.29) is 11.9 Å². The molecule has 3 heterocycles. The number of ether oxygens (including phenoxy) is 2. The van der Waals surface area contributed by atoms with E-state index in [1.165, 1.54) is 0 Å². The lowest BCUT2D eigenvalue weighted by Gasteiger charge is -2.31. The molecule has 156 valence electrons. The fourth-order valence-electron chi connectivity index (χ4n) is 3.94. The zero-order valence-corrected chi connectivity index (χ0v) is 18.0. The highest BCUT2D eigenvalue weighted by molar-refractivity contribution is 7.13. The Labute approximate surface area is 180 Å². The fourth-order valence-corrected chi connectivity index (χ4v) is 4.76. The van der Waals surface area contributed by atoms with E-state index in [0.29, 0.717) is 24.5 Å². The number of hydrogen-bond acceptors (Lipinski definition) is 6. The highest BCUT2D eigenvalue weighted by atomic mass is 32.1. The summed E-state index contributed by atoms with van der Waals surface area (Å²) < 4.78 is 11.2. The number of nitrogens with zero attached hydrogens (tertiary/aromatic N) is 3. The lowest BCUT2D eigenvalue weighted by atomic mass is 9.99. The maximum atomic E-state index is 13.1. The Balaban J connectivity index is 1.68. The van der Waals surface area contributed by atoms with Gasteiger partial charge in [-0.2, -0.15) is 0 Å². The molecule has 0 N–H and O–H groups in total. The molecule has 1 aliphatic rings. The van der Waals surface area contributed by atoms with Gasteiger partial charge in [-0.15, -0.1) is 11.3 Å². The smallest absolute Gasteiger partial charge is 0.223 e. The number of methoxy groups -OCH3 is 2. The molecule has 3 aromatic rings. The number of aromatic nitrogens is 2. The molecule has 6 nitrogen and oxygen atoms in total. The van der Waals surface area contributed by atoms with Crippen LogP contribution in [-0.4, -0.2) is 35.0 Å². The normalized spacial score (nSPS) is 16.9. The summed E-state index contributed by atoms with van der Waals surface area (Å²) >= 11 is 1.60. The van der Waals surface area contributed by atoms with Crippen LogP contribution in [0.15, 0.2) is 48.1 Å². The molecule has 1 atom stereocenters. The Hall–Kier alpha value is -2.93. The number of likely N-dealkylation sites (tertiary alicyclic amines) is 1. The number of benzene rings is 1. The molecule has 1 fully saturated rings. The zero-order valence-electron chi connectivity index (χ0n) is 17.2. The van der Waals surface area contributed by atoms with Gasteiger partial charge in [0.15, 0.2) is 0 Å². The van der Waals surface area contributed by atoms with E-state index in [4.69, 9.17) is 14.5 Å².